The molecule has 2 aromatic rings. The molecule has 1 aliphatic rings. The Balaban J connectivity index is 1.43. The number of nitro benzene ring substituents is 1. The van der Waals surface area contributed by atoms with E-state index in [0.717, 1.165) is 17.0 Å². The molecule has 0 radical (unpaired) electrons. The maximum Gasteiger partial charge on any atom is 0.269 e. The molecule has 0 saturated carbocycles. The number of nitrogens with zero attached hydrogens (tertiary/aromatic N) is 4. The third-order valence-corrected chi connectivity index (χ3v) is 5.62. The molecule has 0 aliphatic carbocycles. The second-order valence-electron chi connectivity index (χ2n) is 6.44. The molecule has 28 heavy (non-hydrogen) atoms. The number of nitro groups is 1. The van der Waals surface area contributed by atoms with E-state index in [1.54, 1.807) is 36.0 Å². The van der Waals surface area contributed by atoms with Gasteiger partial charge in [0.2, 0.25) is 5.91 Å². The lowest BCUT2D eigenvalue weighted by Gasteiger charge is -2.36. The lowest BCUT2D eigenvalue weighted by Crippen LogP contribution is -2.49. The number of nitriles is 1. The first-order valence-electron chi connectivity index (χ1n) is 8.91. The van der Waals surface area contributed by atoms with Crippen molar-refractivity contribution in [1.82, 2.24) is 4.90 Å². The van der Waals surface area contributed by atoms with Crippen molar-refractivity contribution in [3.8, 4) is 6.07 Å². The summed E-state index contributed by atoms with van der Waals surface area (Å²) in [6.45, 7) is 2.72. The van der Waals surface area contributed by atoms with E-state index in [1.807, 2.05) is 17.0 Å². The van der Waals surface area contributed by atoms with Gasteiger partial charge in [-0.05, 0) is 29.8 Å². The highest BCUT2D eigenvalue weighted by Crippen LogP contribution is 2.21. The van der Waals surface area contributed by atoms with Crippen LogP contribution in [-0.2, 0) is 10.5 Å². The molecule has 0 bridgehead atoms. The number of rotatable bonds is 6. The Morgan fingerprint density at radius 3 is 2.29 bits per heavy atom. The Morgan fingerprint density at radius 1 is 1.07 bits per heavy atom. The highest BCUT2D eigenvalue weighted by molar-refractivity contribution is 7.99. The Labute approximate surface area is 167 Å². The lowest BCUT2D eigenvalue weighted by molar-refractivity contribution is -0.384. The maximum absolute atomic E-state index is 12.4. The standard InChI is InChI=1S/C20H20N4O3S/c21-13-16-1-3-17(4-2-16)14-28-15-20(25)23-11-9-22(10-12-23)18-5-7-19(8-6-18)24(26)27/h1-8H,9-12,14-15H2. The first kappa shape index (κ1) is 19.7. The van der Waals surface area contributed by atoms with E-state index in [2.05, 4.69) is 11.0 Å². The van der Waals surface area contributed by atoms with Crippen LogP contribution in [0.3, 0.4) is 0 Å². The average Bonchev–Trinajstić information content (AvgIpc) is 2.74. The van der Waals surface area contributed by atoms with Gasteiger partial charge < -0.3 is 9.80 Å². The zero-order chi connectivity index (χ0) is 19.9. The SMILES string of the molecule is N#Cc1ccc(CSCC(=O)N2CCN(c3ccc([N+](=O)[O-])cc3)CC2)cc1. The van der Waals surface area contributed by atoms with Crippen LogP contribution in [-0.4, -0.2) is 47.7 Å². The van der Waals surface area contributed by atoms with Crippen LogP contribution >= 0.6 is 11.8 Å². The summed E-state index contributed by atoms with van der Waals surface area (Å²) in [7, 11) is 0. The minimum Gasteiger partial charge on any atom is -0.368 e. The molecule has 1 heterocycles. The number of piperazine rings is 1. The molecule has 7 nitrogen and oxygen atoms in total. The van der Waals surface area contributed by atoms with Gasteiger partial charge in [0.25, 0.3) is 5.69 Å². The van der Waals surface area contributed by atoms with Gasteiger partial charge in [0, 0.05) is 49.8 Å². The number of amides is 1. The number of hydrogen-bond acceptors (Lipinski definition) is 6. The van der Waals surface area contributed by atoms with Crippen LogP contribution in [0.15, 0.2) is 48.5 Å². The second kappa shape index (κ2) is 9.24. The van der Waals surface area contributed by atoms with Crippen molar-refractivity contribution >= 4 is 29.0 Å². The highest BCUT2D eigenvalue weighted by Gasteiger charge is 2.21. The fourth-order valence-corrected chi connectivity index (χ4v) is 3.91. The molecule has 0 N–H and O–H groups in total. The largest absolute Gasteiger partial charge is 0.368 e. The van der Waals surface area contributed by atoms with Crippen LogP contribution in [0.4, 0.5) is 11.4 Å². The van der Waals surface area contributed by atoms with Crippen LogP contribution < -0.4 is 4.90 Å². The number of non-ortho nitro benzene ring substituents is 1. The van der Waals surface area contributed by atoms with Crippen LogP contribution in [0.2, 0.25) is 0 Å². The van der Waals surface area contributed by atoms with Crippen LogP contribution in [0.1, 0.15) is 11.1 Å². The molecule has 1 amide bonds. The van der Waals surface area contributed by atoms with Gasteiger partial charge in [-0.15, -0.1) is 11.8 Å². The van der Waals surface area contributed by atoms with Crippen molar-refractivity contribution in [3.63, 3.8) is 0 Å². The van der Waals surface area contributed by atoms with Gasteiger partial charge in [0.05, 0.1) is 22.3 Å². The summed E-state index contributed by atoms with van der Waals surface area (Å²) in [5.74, 6) is 1.29. The third-order valence-electron chi connectivity index (χ3n) is 4.64. The number of thioether (sulfide) groups is 1. The van der Waals surface area contributed by atoms with E-state index in [4.69, 9.17) is 5.26 Å². The molecule has 8 heteroatoms. The molecule has 1 saturated heterocycles. The van der Waals surface area contributed by atoms with Gasteiger partial charge in [0.15, 0.2) is 0 Å². The van der Waals surface area contributed by atoms with Crippen molar-refractivity contribution in [3.05, 3.63) is 69.8 Å². The zero-order valence-electron chi connectivity index (χ0n) is 15.3. The number of carbonyl (C=O) groups excluding carboxylic acids is 1. The van der Waals surface area contributed by atoms with Crippen molar-refractivity contribution < 1.29 is 9.72 Å². The molecule has 2 aromatic carbocycles. The van der Waals surface area contributed by atoms with Crippen molar-refractivity contribution in [2.24, 2.45) is 0 Å². The summed E-state index contributed by atoms with van der Waals surface area (Å²) in [5.41, 5.74) is 2.75. The normalized spacial score (nSPS) is 13.8. The van der Waals surface area contributed by atoms with E-state index in [9.17, 15) is 14.9 Å². The predicted molar refractivity (Wildman–Crippen MR) is 109 cm³/mol. The Hall–Kier alpha value is -3.05. The summed E-state index contributed by atoms with van der Waals surface area (Å²) >= 11 is 1.57. The molecular weight excluding hydrogens is 376 g/mol. The number of hydrogen-bond donors (Lipinski definition) is 0. The van der Waals surface area contributed by atoms with E-state index in [0.29, 0.717) is 37.5 Å². The van der Waals surface area contributed by atoms with Gasteiger partial charge in [0.1, 0.15) is 0 Å². The van der Waals surface area contributed by atoms with Crippen molar-refractivity contribution in [1.29, 1.82) is 5.26 Å². The Kier molecular flexibility index (Phi) is 6.50. The lowest BCUT2D eigenvalue weighted by atomic mass is 10.2. The van der Waals surface area contributed by atoms with Gasteiger partial charge >= 0.3 is 0 Å². The maximum atomic E-state index is 12.4. The number of anilines is 1. The van der Waals surface area contributed by atoms with Gasteiger partial charge in [-0.25, -0.2) is 0 Å². The first-order chi connectivity index (χ1) is 13.6. The topological polar surface area (TPSA) is 90.5 Å². The van der Waals surface area contributed by atoms with E-state index < -0.39 is 4.92 Å². The second-order valence-corrected chi connectivity index (χ2v) is 7.43. The molecule has 0 aromatic heterocycles. The van der Waals surface area contributed by atoms with Crippen LogP contribution in [0, 0.1) is 21.4 Å². The zero-order valence-corrected chi connectivity index (χ0v) is 16.1. The van der Waals surface area contributed by atoms with Gasteiger partial charge in [-0.3, -0.25) is 14.9 Å². The summed E-state index contributed by atoms with van der Waals surface area (Å²) < 4.78 is 0. The highest BCUT2D eigenvalue weighted by atomic mass is 32.2. The van der Waals surface area contributed by atoms with Gasteiger partial charge in [-0.2, -0.15) is 5.26 Å². The third kappa shape index (κ3) is 5.02. The van der Waals surface area contributed by atoms with Crippen LogP contribution in [0.5, 0.6) is 0 Å². The molecule has 0 atom stereocenters. The van der Waals surface area contributed by atoms with E-state index >= 15 is 0 Å². The van der Waals surface area contributed by atoms with E-state index in [-0.39, 0.29) is 11.6 Å². The summed E-state index contributed by atoms with van der Waals surface area (Å²) in [5, 5.41) is 19.6. The molecule has 144 valence electrons. The van der Waals surface area contributed by atoms with Crippen molar-refractivity contribution in [2.75, 3.05) is 36.8 Å². The van der Waals surface area contributed by atoms with E-state index in [1.165, 1.54) is 12.1 Å². The molecule has 0 spiro atoms. The summed E-state index contributed by atoms with van der Waals surface area (Å²) in [4.78, 5) is 26.8. The molecule has 1 aliphatic heterocycles. The molecule has 1 fully saturated rings. The van der Waals surface area contributed by atoms with Gasteiger partial charge in [-0.1, -0.05) is 12.1 Å². The minimum absolute atomic E-state index is 0.0804. The Bertz CT molecular complexity index is 870. The monoisotopic (exact) mass is 396 g/mol. The van der Waals surface area contributed by atoms with Crippen molar-refractivity contribution in [2.45, 2.75) is 5.75 Å². The predicted octanol–water partition coefficient (Wildman–Crippen LogP) is 3.05. The fourth-order valence-electron chi connectivity index (χ4n) is 3.02. The quantitative estimate of drug-likeness (QED) is 0.551. The first-order valence-corrected chi connectivity index (χ1v) is 10.1. The summed E-state index contributed by atoms with van der Waals surface area (Å²) in [6, 6.07) is 16.0. The number of carbonyl (C=O) groups is 1. The smallest absolute Gasteiger partial charge is 0.269 e. The molecule has 3 rings (SSSR count). The number of benzene rings is 2. The average molecular weight is 396 g/mol. The van der Waals surface area contributed by atoms with Crippen LogP contribution in [0.25, 0.3) is 0 Å². The molecule has 0 unspecified atom stereocenters. The molecular formula is C20H20N4O3S. The minimum atomic E-state index is -0.407. The summed E-state index contributed by atoms with van der Waals surface area (Å²) in [6.07, 6.45) is 0. The Morgan fingerprint density at radius 2 is 1.71 bits per heavy atom. The fraction of sp³-hybridized carbons (Fsp3) is 0.300.